The van der Waals surface area contributed by atoms with Crippen LogP contribution in [-0.2, 0) is 65.4 Å². The van der Waals surface area contributed by atoms with Gasteiger partial charge in [0.1, 0.15) is 19.3 Å². The smallest absolute Gasteiger partial charge is 0.462 e. The third kappa shape index (κ3) is 70.5. The van der Waals surface area contributed by atoms with Crippen molar-refractivity contribution in [2.24, 2.45) is 23.7 Å². The molecule has 3 N–H and O–H groups in total. The highest BCUT2D eigenvalue weighted by Crippen LogP contribution is 2.45. The molecular formula is C77H150O17P2. The van der Waals surface area contributed by atoms with Crippen molar-refractivity contribution < 1.29 is 80.2 Å². The van der Waals surface area contributed by atoms with Crippen LogP contribution in [0.25, 0.3) is 0 Å². The summed E-state index contributed by atoms with van der Waals surface area (Å²) in [6, 6.07) is 0. The molecule has 0 fully saturated rings. The molecule has 0 spiro atoms. The van der Waals surface area contributed by atoms with Gasteiger partial charge in [-0.05, 0) is 49.4 Å². The number of hydrogen-bond acceptors (Lipinski definition) is 15. The quantitative estimate of drug-likeness (QED) is 0.0222. The summed E-state index contributed by atoms with van der Waals surface area (Å²) in [5.74, 6) is 0.912. The normalized spacial score (nSPS) is 14.1. The van der Waals surface area contributed by atoms with E-state index >= 15 is 0 Å². The van der Waals surface area contributed by atoms with Gasteiger partial charge in [0.15, 0.2) is 12.2 Å². The van der Waals surface area contributed by atoms with Crippen molar-refractivity contribution in [1.82, 2.24) is 0 Å². The first kappa shape index (κ1) is 94.1. The lowest BCUT2D eigenvalue weighted by Gasteiger charge is -2.21. The van der Waals surface area contributed by atoms with E-state index in [-0.39, 0.29) is 25.7 Å². The molecule has 0 amide bonds. The zero-order valence-electron chi connectivity index (χ0n) is 63.0. The predicted octanol–water partition coefficient (Wildman–Crippen LogP) is 22.4. The zero-order valence-corrected chi connectivity index (χ0v) is 64.8. The second-order valence-corrected chi connectivity index (χ2v) is 32.6. The van der Waals surface area contributed by atoms with E-state index in [9.17, 15) is 43.2 Å². The van der Waals surface area contributed by atoms with Gasteiger partial charge in [0, 0.05) is 25.7 Å². The minimum Gasteiger partial charge on any atom is -0.462 e. The maximum absolute atomic E-state index is 13.1. The van der Waals surface area contributed by atoms with E-state index in [1.807, 2.05) is 0 Å². The zero-order chi connectivity index (χ0) is 71.0. The maximum atomic E-state index is 13.1. The van der Waals surface area contributed by atoms with Gasteiger partial charge in [0.05, 0.1) is 26.4 Å². The summed E-state index contributed by atoms with van der Waals surface area (Å²) < 4.78 is 68.6. The van der Waals surface area contributed by atoms with Crippen LogP contribution in [0.3, 0.4) is 0 Å². The Balaban J connectivity index is 5.24. The molecule has 17 nitrogen and oxygen atoms in total. The van der Waals surface area contributed by atoms with E-state index in [0.29, 0.717) is 31.6 Å². The van der Waals surface area contributed by atoms with Crippen LogP contribution >= 0.6 is 15.6 Å². The van der Waals surface area contributed by atoms with Crippen LogP contribution in [0.4, 0.5) is 0 Å². The van der Waals surface area contributed by atoms with E-state index in [2.05, 4.69) is 55.4 Å². The van der Waals surface area contributed by atoms with Crippen molar-refractivity contribution in [2.45, 2.75) is 408 Å². The molecule has 0 aromatic rings. The highest BCUT2D eigenvalue weighted by Gasteiger charge is 2.30. The van der Waals surface area contributed by atoms with Crippen LogP contribution < -0.4 is 0 Å². The number of rotatable bonds is 74. The van der Waals surface area contributed by atoms with E-state index in [0.717, 1.165) is 114 Å². The minimum absolute atomic E-state index is 0.106. The van der Waals surface area contributed by atoms with Gasteiger partial charge in [-0.25, -0.2) is 9.13 Å². The SMILES string of the molecule is CC(C)CCCCCCCCCCCCCCCCC(=O)O[C@H](COC(=O)CCCCCCCCCCCCCC(C)C)COP(=O)(O)OC[C@@H](O)COP(=O)(O)OC[C@@H](COC(=O)CCCCCCCCC(C)C)OC(=O)CCCCCCCCCCCCCCCC(C)C. The molecule has 0 aliphatic carbocycles. The molecule has 19 heteroatoms. The summed E-state index contributed by atoms with van der Waals surface area (Å²) in [5, 5.41) is 10.6. The molecule has 0 rings (SSSR count). The van der Waals surface area contributed by atoms with Crippen LogP contribution in [0, 0.1) is 23.7 Å². The average molecular weight is 1410 g/mol. The van der Waals surface area contributed by atoms with Crippen molar-refractivity contribution in [3.63, 3.8) is 0 Å². The minimum atomic E-state index is -4.96. The number of aliphatic hydroxyl groups excluding tert-OH is 1. The highest BCUT2D eigenvalue weighted by molar-refractivity contribution is 7.47. The fourth-order valence-electron chi connectivity index (χ4n) is 11.7. The van der Waals surface area contributed by atoms with Crippen LogP contribution in [0.15, 0.2) is 0 Å². The van der Waals surface area contributed by atoms with E-state index in [4.69, 9.17) is 37.0 Å². The Labute approximate surface area is 588 Å². The molecular weight excluding hydrogens is 1260 g/mol. The van der Waals surface area contributed by atoms with E-state index < -0.39 is 97.5 Å². The van der Waals surface area contributed by atoms with Gasteiger partial charge < -0.3 is 33.8 Å². The Bertz CT molecular complexity index is 1880. The summed E-state index contributed by atoms with van der Waals surface area (Å²) in [6.07, 6.45) is 51.4. The number of unbranched alkanes of at least 4 members (excludes halogenated alkanes) is 40. The number of ether oxygens (including phenoxy) is 4. The second-order valence-electron chi connectivity index (χ2n) is 29.7. The third-order valence-electron chi connectivity index (χ3n) is 17.8. The highest BCUT2D eigenvalue weighted by atomic mass is 31.2. The fourth-order valence-corrected chi connectivity index (χ4v) is 13.3. The molecule has 5 atom stereocenters. The van der Waals surface area contributed by atoms with Gasteiger partial charge in [-0.2, -0.15) is 0 Å². The summed E-state index contributed by atoms with van der Waals surface area (Å²) in [7, 11) is -9.91. The fraction of sp³-hybridized carbons (Fsp3) is 0.948. The Hall–Kier alpha value is -1.94. The van der Waals surface area contributed by atoms with Crippen molar-refractivity contribution in [2.75, 3.05) is 39.6 Å². The van der Waals surface area contributed by atoms with Gasteiger partial charge in [-0.15, -0.1) is 0 Å². The molecule has 570 valence electrons. The topological polar surface area (TPSA) is 237 Å². The molecule has 0 aromatic heterocycles. The van der Waals surface area contributed by atoms with Crippen LogP contribution in [0.2, 0.25) is 0 Å². The lowest BCUT2D eigenvalue weighted by Crippen LogP contribution is -2.30. The number of carbonyl (C=O) groups is 4. The molecule has 0 radical (unpaired) electrons. The van der Waals surface area contributed by atoms with Crippen LogP contribution in [-0.4, -0.2) is 96.7 Å². The molecule has 0 saturated heterocycles. The predicted molar refractivity (Wildman–Crippen MR) is 391 cm³/mol. The Morgan fingerprint density at radius 2 is 0.438 bits per heavy atom. The molecule has 0 bridgehead atoms. The molecule has 0 aliphatic rings. The lowest BCUT2D eigenvalue weighted by molar-refractivity contribution is -0.161. The first-order valence-corrected chi connectivity index (χ1v) is 42.7. The van der Waals surface area contributed by atoms with Crippen LogP contribution in [0.5, 0.6) is 0 Å². The van der Waals surface area contributed by atoms with Crippen molar-refractivity contribution in [1.29, 1.82) is 0 Å². The number of phosphoric ester groups is 2. The van der Waals surface area contributed by atoms with Crippen molar-refractivity contribution in [3.05, 3.63) is 0 Å². The molecule has 0 heterocycles. The summed E-state index contributed by atoms with van der Waals surface area (Å²) in [4.78, 5) is 72.8. The van der Waals surface area contributed by atoms with Gasteiger partial charge >= 0.3 is 39.5 Å². The Kier molecular flexibility index (Phi) is 65.0. The third-order valence-corrected chi connectivity index (χ3v) is 19.7. The lowest BCUT2D eigenvalue weighted by atomic mass is 10.0. The standard InChI is InChI=1S/C77H150O17P2/c1-67(2)53-45-37-29-23-17-12-9-10-14-20-27-33-43-51-59-76(81)93-72(63-87-74(79)57-49-41-32-26-22-16-19-25-31-39-47-55-69(5)6)65-91-95(83,84)89-61-71(78)62-90-96(85,86)92-66-73(64-88-75(80)58-50-42-36-35-40-48-56-70(7)8)94-77(82)60-52-44-34-28-21-15-11-13-18-24-30-38-46-54-68(3)4/h67-73,78H,9-66H2,1-8H3,(H,83,84)(H,85,86)/t71-,72-,73-/m1/s1. The number of aliphatic hydroxyl groups is 1. The van der Waals surface area contributed by atoms with Crippen molar-refractivity contribution in [3.8, 4) is 0 Å². The molecule has 0 saturated carbocycles. The van der Waals surface area contributed by atoms with Gasteiger partial charge in [0.25, 0.3) is 0 Å². The summed E-state index contributed by atoms with van der Waals surface area (Å²) in [6.45, 7) is 14.2. The van der Waals surface area contributed by atoms with Crippen LogP contribution in [0.1, 0.15) is 389 Å². The monoisotopic (exact) mass is 1410 g/mol. The Morgan fingerprint density at radius 3 is 0.646 bits per heavy atom. The molecule has 2 unspecified atom stereocenters. The largest absolute Gasteiger partial charge is 0.472 e. The first-order chi connectivity index (χ1) is 46.1. The molecule has 0 aromatic carbocycles. The Morgan fingerprint density at radius 1 is 0.260 bits per heavy atom. The second kappa shape index (κ2) is 66.3. The van der Waals surface area contributed by atoms with E-state index in [1.54, 1.807) is 0 Å². The number of hydrogen-bond donors (Lipinski definition) is 3. The summed E-state index contributed by atoms with van der Waals surface area (Å²) >= 11 is 0. The summed E-state index contributed by atoms with van der Waals surface area (Å²) in [5.41, 5.74) is 0. The molecule has 0 aliphatic heterocycles. The number of phosphoric acid groups is 2. The first-order valence-electron chi connectivity index (χ1n) is 39.7. The van der Waals surface area contributed by atoms with Gasteiger partial charge in [-0.3, -0.25) is 37.3 Å². The maximum Gasteiger partial charge on any atom is 0.472 e. The number of carbonyl (C=O) groups excluding carboxylic acids is 4. The van der Waals surface area contributed by atoms with E-state index in [1.165, 1.54) is 186 Å². The van der Waals surface area contributed by atoms with Crippen molar-refractivity contribution >= 4 is 39.5 Å². The average Bonchev–Trinajstić information content (AvgIpc) is 2.35. The van der Waals surface area contributed by atoms with Gasteiger partial charge in [-0.1, -0.05) is 338 Å². The number of esters is 4. The molecule has 96 heavy (non-hydrogen) atoms. The van der Waals surface area contributed by atoms with Gasteiger partial charge in [0.2, 0.25) is 0 Å².